The Balaban J connectivity index is 0. The molecule has 0 fully saturated rings. The van der Waals surface area contributed by atoms with Crippen LogP contribution in [0.1, 0.15) is 39.1 Å². The molecule has 1 rings (SSSR count). The van der Waals surface area contributed by atoms with Crippen molar-refractivity contribution in [1.82, 2.24) is 9.78 Å². The fraction of sp³-hybridized carbons (Fsp3) is 0.700. The van der Waals surface area contributed by atoms with Gasteiger partial charge in [-0.15, -0.1) is 0 Å². The van der Waals surface area contributed by atoms with Gasteiger partial charge < -0.3 is 0 Å². The Hall–Kier alpha value is -1.00. The summed E-state index contributed by atoms with van der Waals surface area (Å²) >= 11 is 0. The van der Waals surface area contributed by atoms with Gasteiger partial charge in [0.05, 0.1) is 0 Å². The lowest BCUT2D eigenvalue weighted by molar-refractivity contribution is -0.141. The Morgan fingerprint density at radius 2 is 1.53 bits per heavy atom. The molecule has 0 radical (unpaired) electrons. The van der Waals surface area contributed by atoms with E-state index in [-0.39, 0.29) is 0 Å². The molecule has 1 aromatic heterocycles. The number of rotatable bonds is 0. The minimum atomic E-state index is -4.33. The van der Waals surface area contributed by atoms with Gasteiger partial charge in [0.25, 0.3) is 0 Å². The van der Waals surface area contributed by atoms with Crippen molar-refractivity contribution in [3.63, 3.8) is 0 Å². The molecule has 0 atom stereocenters. The van der Waals surface area contributed by atoms with Crippen LogP contribution >= 0.6 is 0 Å². The number of hydrogen-bond donors (Lipinski definition) is 0. The Kier molecular flexibility index (Phi) is 8.01. The first-order valence-corrected chi connectivity index (χ1v) is 4.99. The van der Waals surface area contributed by atoms with Gasteiger partial charge in [0.1, 0.15) is 0 Å². The number of hydrogen-bond acceptors (Lipinski definition) is 1. The number of aryl methyl sites for hydroxylation is 2. The quantitative estimate of drug-likeness (QED) is 0.655. The van der Waals surface area contributed by atoms with E-state index in [1.807, 2.05) is 27.7 Å². The molecule has 0 aromatic carbocycles. The van der Waals surface area contributed by atoms with Crippen LogP contribution < -0.4 is 0 Å². The lowest BCUT2D eigenvalue weighted by Gasteiger charge is -1.99. The normalized spacial score (nSPS) is 9.67. The molecule has 0 saturated carbocycles. The fourth-order valence-corrected chi connectivity index (χ4v) is 0.699. The summed E-state index contributed by atoms with van der Waals surface area (Å²) in [6.07, 6.45) is -4.33. The van der Waals surface area contributed by atoms with Crippen LogP contribution in [0.4, 0.5) is 13.2 Å². The molecule has 5 heteroatoms. The van der Waals surface area contributed by atoms with Crippen molar-refractivity contribution in [2.75, 3.05) is 0 Å². The molecule has 0 saturated heterocycles. The van der Waals surface area contributed by atoms with E-state index >= 15 is 0 Å². The average molecular weight is 224 g/mol. The van der Waals surface area contributed by atoms with Crippen molar-refractivity contribution < 1.29 is 13.2 Å². The molecule has 0 amide bonds. The first-order valence-electron chi connectivity index (χ1n) is 4.99. The number of nitrogens with zero attached hydrogens (tertiary/aromatic N) is 2. The van der Waals surface area contributed by atoms with Crippen LogP contribution in [0.15, 0.2) is 6.07 Å². The first-order chi connectivity index (χ1) is 6.91. The molecule has 1 heterocycles. The third kappa shape index (κ3) is 5.44. The summed E-state index contributed by atoms with van der Waals surface area (Å²) in [4.78, 5) is 0. The van der Waals surface area contributed by atoms with Crippen molar-refractivity contribution in [3.8, 4) is 0 Å². The third-order valence-electron chi connectivity index (χ3n) is 1.40. The predicted molar refractivity (Wildman–Crippen MR) is 55.6 cm³/mol. The second-order valence-corrected chi connectivity index (χ2v) is 2.29. The number of halogens is 3. The van der Waals surface area contributed by atoms with Crippen LogP contribution in [-0.4, -0.2) is 9.78 Å². The summed E-state index contributed by atoms with van der Waals surface area (Å²) in [6.45, 7) is 9.57. The third-order valence-corrected chi connectivity index (χ3v) is 1.40. The zero-order chi connectivity index (χ0) is 12.6. The van der Waals surface area contributed by atoms with E-state index in [0.29, 0.717) is 5.69 Å². The summed E-state index contributed by atoms with van der Waals surface area (Å²) < 4.78 is 36.9. The predicted octanol–water partition coefficient (Wildman–Crippen LogP) is 3.80. The summed E-state index contributed by atoms with van der Waals surface area (Å²) in [7, 11) is 1.48. The molecule has 0 unspecified atom stereocenters. The molecule has 0 bridgehead atoms. The van der Waals surface area contributed by atoms with Gasteiger partial charge in [-0.2, -0.15) is 18.3 Å². The monoisotopic (exact) mass is 224 g/mol. The Morgan fingerprint density at radius 3 is 1.67 bits per heavy atom. The lowest BCUT2D eigenvalue weighted by atomic mass is 10.4. The maximum absolute atomic E-state index is 11.9. The standard InChI is InChI=1S/C6H7F3N2.2C2H6/c1-4-3-5(6(7,8)9)10-11(4)2;2*1-2/h3H,1-2H3;2*1-2H3. The maximum Gasteiger partial charge on any atom is 0.435 e. The van der Waals surface area contributed by atoms with Crippen molar-refractivity contribution in [1.29, 1.82) is 0 Å². The number of aromatic nitrogens is 2. The van der Waals surface area contributed by atoms with Crippen LogP contribution in [-0.2, 0) is 13.2 Å². The summed E-state index contributed by atoms with van der Waals surface area (Å²) in [5.74, 6) is 0. The molecule has 1 aromatic rings. The van der Waals surface area contributed by atoms with E-state index < -0.39 is 11.9 Å². The minimum Gasteiger partial charge on any atom is -0.272 e. The molecule has 0 N–H and O–H groups in total. The van der Waals surface area contributed by atoms with E-state index in [1.54, 1.807) is 6.92 Å². The molecule has 15 heavy (non-hydrogen) atoms. The molecule has 0 aliphatic rings. The second kappa shape index (κ2) is 7.31. The SMILES string of the molecule is CC.CC.Cc1cc(C(F)(F)F)nn1C. The van der Waals surface area contributed by atoms with E-state index in [9.17, 15) is 13.2 Å². The number of alkyl halides is 3. The van der Waals surface area contributed by atoms with Gasteiger partial charge in [0.15, 0.2) is 5.69 Å². The van der Waals surface area contributed by atoms with Gasteiger partial charge in [0.2, 0.25) is 0 Å². The smallest absolute Gasteiger partial charge is 0.272 e. The van der Waals surface area contributed by atoms with Gasteiger partial charge in [-0.25, -0.2) is 0 Å². The highest BCUT2D eigenvalue weighted by molar-refractivity contribution is 5.11. The van der Waals surface area contributed by atoms with Gasteiger partial charge >= 0.3 is 6.18 Å². The molecular weight excluding hydrogens is 205 g/mol. The largest absolute Gasteiger partial charge is 0.435 e. The van der Waals surface area contributed by atoms with E-state index in [1.165, 1.54) is 11.7 Å². The Morgan fingerprint density at radius 1 is 1.13 bits per heavy atom. The zero-order valence-corrected chi connectivity index (χ0v) is 10.1. The highest BCUT2D eigenvalue weighted by Crippen LogP contribution is 2.27. The topological polar surface area (TPSA) is 17.8 Å². The van der Waals surface area contributed by atoms with Crippen molar-refractivity contribution in [2.24, 2.45) is 7.05 Å². The van der Waals surface area contributed by atoms with Gasteiger partial charge in [-0.05, 0) is 13.0 Å². The summed E-state index contributed by atoms with van der Waals surface area (Å²) in [6, 6.07) is 1.01. The van der Waals surface area contributed by atoms with Gasteiger partial charge in [-0.1, -0.05) is 27.7 Å². The fourth-order valence-electron chi connectivity index (χ4n) is 0.699. The van der Waals surface area contributed by atoms with Crippen molar-refractivity contribution >= 4 is 0 Å². The maximum atomic E-state index is 11.9. The van der Waals surface area contributed by atoms with E-state index in [4.69, 9.17) is 0 Å². The van der Waals surface area contributed by atoms with Crippen LogP contribution in [0.25, 0.3) is 0 Å². The van der Waals surface area contributed by atoms with E-state index in [0.717, 1.165) is 6.07 Å². The molecular formula is C10H19F3N2. The Bertz CT molecular complexity index is 245. The molecule has 0 aliphatic heterocycles. The van der Waals surface area contributed by atoms with Crippen LogP contribution in [0, 0.1) is 6.92 Å². The highest BCUT2D eigenvalue weighted by atomic mass is 19.4. The Labute approximate surface area is 89.1 Å². The highest BCUT2D eigenvalue weighted by Gasteiger charge is 2.33. The van der Waals surface area contributed by atoms with Crippen molar-refractivity contribution in [2.45, 2.75) is 40.8 Å². The van der Waals surface area contributed by atoms with Crippen LogP contribution in [0.3, 0.4) is 0 Å². The van der Waals surface area contributed by atoms with E-state index in [2.05, 4.69) is 5.10 Å². The van der Waals surface area contributed by atoms with Crippen LogP contribution in [0.5, 0.6) is 0 Å². The summed E-state index contributed by atoms with van der Waals surface area (Å²) in [5, 5.41) is 3.27. The second-order valence-electron chi connectivity index (χ2n) is 2.29. The zero-order valence-electron chi connectivity index (χ0n) is 10.1. The summed E-state index contributed by atoms with van der Waals surface area (Å²) in [5.41, 5.74) is -0.338. The molecule has 90 valence electrons. The average Bonchev–Trinajstić information content (AvgIpc) is 2.53. The molecule has 0 spiro atoms. The minimum absolute atomic E-state index is 0.498. The van der Waals surface area contributed by atoms with Crippen molar-refractivity contribution in [3.05, 3.63) is 17.5 Å². The molecule has 0 aliphatic carbocycles. The van der Waals surface area contributed by atoms with Gasteiger partial charge in [-0.3, -0.25) is 4.68 Å². The molecule has 2 nitrogen and oxygen atoms in total. The van der Waals surface area contributed by atoms with Gasteiger partial charge in [0, 0.05) is 12.7 Å². The van der Waals surface area contributed by atoms with Crippen LogP contribution in [0.2, 0.25) is 0 Å². The lowest BCUT2D eigenvalue weighted by Crippen LogP contribution is -2.06. The first kappa shape index (κ1) is 16.4.